The molecule has 0 aliphatic heterocycles. The Labute approximate surface area is 94.3 Å². The quantitative estimate of drug-likeness (QED) is 0.533. The summed E-state index contributed by atoms with van der Waals surface area (Å²) in [4.78, 5) is 14.5. The molecule has 78 valence electrons. The number of aldehydes is 1. The highest BCUT2D eigenvalue weighted by atomic mass is 16.1. The molecule has 0 fully saturated rings. The van der Waals surface area contributed by atoms with Crippen LogP contribution in [0.25, 0.3) is 10.9 Å². The van der Waals surface area contributed by atoms with Gasteiger partial charge in [-0.2, -0.15) is 0 Å². The predicted molar refractivity (Wildman–Crippen MR) is 64.0 cm³/mol. The number of hydrogen-bond donors (Lipinski definition) is 0. The Bertz CT molecular complexity index is 590. The zero-order valence-electron chi connectivity index (χ0n) is 9.03. The minimum Gasteiger partial charge on any atom is -0.302 e. The molecule has 2 rings (SSSR count). The molecule has 0 aliphatic carbocycles. The van der Waals surface area contributed by atoms with Crippen LogP contribution in [-0.2, 0) is 4.79 Å². The molecule has 0 bridgehead atoms. The summed E-state index contributed by atoms with van der Waals surface area (Å²) in [7, 11) is 0. The average Bonchev–Trinajstić information content (AvgIpc) is 2.29. The Morgan fingerprint density at radius 2 is 2.19 bits per heavy atom. The van der Waals surface area contributed by atoms with E-state index in [2.05, 4.69) is 16.8 Å². The Hall–Kier alpha value is -2.14. The first-order valence-electron chi connectivity index (χ1n) is 5.09. The second kappa shape index (κ2) is 4.59. The molecule has 0 spiro atoms. The van der Waals surface area contributed by atoms with Crippen LogP contribution in [-0.4, -0.2) is 11.3 Å². The van der Waals surface area contributed by atoms with Crippen LogP contribution in [0.5, 0.6) is 0 Å². The normalized spacial score (nSPS) is 9.56. The minimum atomic E-state index is 0.282. The summed E-state index contributed by atoms with van der Waals surface area (Å²) in [5, 5.41) is 1.07. The molecule has 0 unspecified atom stereocenters. The number of hydrogen-bond acceptors (Lipinski definition) is 2. The van der Waals surface area contributed by atoms with Crippen molar-refractivity contribution in [2.24, 2.45) is 0 Å². The zero-order valence-corrected chi connectivity index (χ0v) is 9.03. The summed E-state index contributed by atoms with van der Waals surface area (Å²) >= 11 is 0. The first-order chi connectivity index (χ1) is 7.79. The Balaban J connectivity index is 2.42. The predicted octanol–water partition coefficient (Wildman–Crippen LogP) is 2.48. The van der Waals surface area contributed by atoms with Crippen LogP contribution < -0.4 is 0 Å². The van der Waals surface area contributed by atoms with Gasteiger partial charge in [-0.1, -0.05) is 17.9 Å². The number of pyridine rings is 1. The first kappa shape index (κ1) is 10.4. The van der Waals surface area contributed by atoms with Crippen molar-refractivity contribution in [3.63, 3.8) is 0 Å². The number of aryl methyl sites for hydroxylation is 1. The molecule has 1 heterocycles. The van der Waals surface area contributed by atoms with Gasteiger partial charge in [-0.05, 0) is 31.2 Å². The van der Waals surface area contributed by atoms with E-state index in [1.54, 1.807) is 0 Å². The molecule has 16 heavy (non-hydrogen) atoms. The van der Waals surface area contributed by atoms with Gasteiger partial charge in [0.15, 0.2) is 0 Å². The second-order valence-corrected chi connectivity index (χ2v) is 3.53. The lowest BCUT2D eigenvalue weighted by Gasteiger charge is -1.98. The van der Waals surface area contributed by atoms with Crippen molar-refractivity contribution in [1.82, 2.24) is 4.98 Å². The lowest BCUT2D eigenvalue weighted by Crippen LogP contribution is -1.83. The second-order valence-electron chi connectivity index (χ2n) is 3.53. The van der Waals surface area contributed by atoms with Gasteiger partial charge in [-0.15, -0.1) is 0 Å². The van der Waals surface area contributed by atoms with Gasteiger partial charge in [-0.25, -0.2) is 0 Å². The third kappa shape index (κ3) is 2.26. The number of carbonyl (C=O) groups is 1. The number of fused-ring (bicyclic) bond motifs is 1. The molecule has 0 saturated heterocycles. The van der Waals surface area contributed by atoms with E-state index < -0.39 is 0 Å². The number of benzene rings is 1. The number of carbonyl (C=O) groups excluding carboxylic acids is 1. The molecular formula is C14H11NO. The van der Waals surface area contributed by atoms with Crippen molar-refractivity contribution in [1.29, 1.82) is 0 Å². The molecule has 0 atom stereocenters. The first-order valence-corrected chi connectivity index (χ1v) is 5.09. The van der Waals surface area contributed by atoms with Gasteiger partial charge >= 0.3 is 0 Å². The van der Waals surface area contributed by atoms with Gasteiger partial charge in [0.2, 0.25) is 0 Å². The maximum absolute atomic E-state index is 10.1. The summed E-state index contributed by atoms with van der Waals surface area (Å²) in [6, 6.07) is 9.87. The number of rotatable bonds is 1. The van der Waals surface area contributed by atoms with E-state index in [-0.39, 0.29) is 6.42 Å². The number of aromatic nitrogens is 1. The molecule has 2 heteroatoms. The van der Waals surface area contributed by atoms with Crippen LogP contribution >= 0.6 is 0 Å². The van der Waals surface area contributed by atoms with Gasteiger partial charge in [0.05, 0.1) is 11.9 Å². The lowest BCUT2D eigenvalue weighted by molar-refractivity contribution is -0.107. The maximum Gasteiger partial charge on any atom is 0.131 e. The Morgan fingerprint density at radius 1 is 1.31 bits per heavy atom. The van der Waals surface area contributed by atoms with Gasteiger partial charge in [-0.3, -0.25) is 4.98 Å². The zero-order chi connectivity index (χ0) is 11.4. The molecule has 0 saturated carbocycles. The molecular weight excluding hydrogens is 198 g/mol. The summed E-state index contributed by atoms with van der Waals surface area (Å²) in [5.74, 6) is 5.73. The van der Waals surface area contributed by atoms with Crippen LogP contribution in [0.15, 0.2) is 30.3 Å². The standard InChI is InChI=1S/C14H11NO/c1-11-5-7-13-10-12(4-2-3-9-16)6-8-14(13)15-11/h5-10H,3H2,1H3. The monoisotopic (exact) mass is 209 g/mol. The Morgan fingerprint density at radius 3 is 3.00 bits per heavy atom. The summed E-state index contributed by atoms with van der Waals surface area (Å²) in [6.07, 6.45) is 1.09. The fraction of sp³-hybridized carbons (Fsp3) is 0.143. The molecule has 1 aromatic heterocycles. The summed E-state index contributed by atoms with van der Waals surface area (Å²) in [5.41, 5.74) is 2.90. The largest absolute Gasteiger partial charge is 0.302 e. The fourth-order valence-electron chi connectivity index (χ4n) is 1.50. The number of nitrogens with zero attached hydrogens (tertiary/aromatic N) is 1. The topological polar surface area (TPSA) is 30.0 Å². The average molecular weight is 209 g/mol. The third-order valence-corrected chi connectivity index (χ3v) is 2.25. The van der Waals surface area contributed by atoms with Crippen molar-refractivity contribution in [2.45, 2.75) is 13.3 Å². The highest BCUT2D eigenvalue weighted by molar-refractivity contribution is 5.80. The van der Waals surface area contributed by atoms with E-state index in [0.29, 0.717) is 0 Å². The third-order valence-electron chi connectivity index (χ3n) is 2.25. The van der Waals surface area contributed by atoms with Gasteiger partial charge in [0.25, 0.3) is 0 Å². The highest BCUT2D eigenvalue weighted by Crippen LogP contribution is 2.14. The molecule has 2 nitrogen and oxygen atoms in total. The fourth-order valence-corrected chi connectivity index (χ4v) is 1.50. The van der Waals surface area contributed by atoms with Gasteiger partial charge in [0, 0.05) is 16.6 Å². The SMILES string of the molecule is Cc1ccc2cc(C#CCC=O)ccc2n1. The van der Waals surface area contributed by atoms with E-state index in [9.17, 15) is 4.79 Å². The van der Waals surface area contributed by atoms with Crippen LogP contribution in [0.3, 0.4) is 0 Å². The van der Waals surface area contributed by atoms with Crippen LogP contribution in [0.1, 0.15) is 17.7 Å². The van der Waals surface area contributed by atoms with Crippen LogP contribution in [0.4, 0.5) is 0 Å². The van der Waals surface area contributed by atoms with E-state index in [4.69, 9.17) is 0 Å². The maximum atomic E-state index is 10.1. The van der Waals surface area contributed by atoms with Crippen molar-refractivity contribution >= 4 is 17.2 Å². The minimum absolute atomic E-state index is 0.282. The van der Waals surface area contributed by atoms with E-state index >= 15 is 0 Å². The van der Waals surface area contributed by atoms with Crippen molar-refractivity contribution in [2.75, 3.05) is 0 Å². The smallest absolute Gasteiger partial charge is 0.131 e. The van der Waals surface area contributed by atoms with Crippen LogP contribution in [0.2, 0.25) is 0 Å². The molecule has 0 N–H and O–H groups in total. The van der Waals surface area contributed by atoms with Gasteiger partial charge in [0.1, 0.15) is 6.29 Å². The summed E-state index contributed by atoms with van der Waals surface area (Å²) < 4.78 is 0. The van der Waals surface area contributed by atoms with Crippen LogP contribution in [0, 0.1) is 18.8 Å². The van der Waals surface area contributed by atoms with E-state index in [1.807, 2.05) is 37.3 Å². The van der Waals surface area contributed by atoms with Gasteiger partial charge < -0.3 is 4.79 Å². The van der Waals surface area contributed by atoms with Crippen molar-refractivity contribution in [3.05, 3.63) is 41.6 Å². The molecule has 2 aromatic rings. The highest BCUT2D eigenvalue weighted by Gasteiger charge is 1.95. The lowest BCUT2D eigenvalue weighted by atomic mass is 10.1. The molecule has 0 amide bonds. The Kier molecular flexibility index (Phi) is 2.98. The van der Waals surface area contributed by atoms with Crippen molar-refractivity contribution in [3.8, 4) is 11.8 Å². The van der Waals surface area contributed by atoms with E-state index in [0.717, 1.165) is 28.4 Å². The van der Waals surface area contributed by atoms with E-state index in [1.165, 1.54) is 0 Å². The molecule has 1 aromatic carbocycles. The summed E-state index contributed by atoms with van der Waals surface area (Å²) in [6.45, 7) is 1.97. The molecule has 0 radical (unpaired) electrons. The van der Waals surface area contributed by atoms with Crippen molar-refractivity contribution < 1.29 is 4.79 Å². The molecule has 0 aliphatic rings.